The van der Waals surface area contributed by atoms with Crippen LogP contribution in [0.2, 0.25) is 0 Å². The van der Waals surface area contributed by atoms with Crippen molar-refractivity contribution in [2.75, 3.05) is 33.2 Å². The molecule has 0 aromatic carbocycles. The van der Waals surface area contributed by atoms with Gasteiger partial charge in [0.15, 0.2) is 5.96 Å². The maximum absolute atomic E-state index is 4.33. The van der Waals surface area contributed by atoms with E-state index in [1.165, 1.54) is 37.9 Å². The molecule has 0 saturated carbocycles. The number of guanidine groups is 1. The number of nitrogens with one attached hydrogen (secondary N) is 2. The second kappa shape index (κ2) is 12.5. The highest BCUT2D eigenvalue weighted by molar-refractivity contribution is 14.0. The topological polar surface area (TPSA) is 52.6 Å². The van der Waals surface area contributed by atoms with Gasteiger partial charge in [-0.25, -0.2) is 0 Å². The minimum atomic E-state index is 0. The third kappa shape index (κ3) is 8.35. The van der Waals surface area contributed by atoms with E-state index in [9.17, 15) is 0 Å². The number of hydrogen-bond donors (Lipinski definition) is 2. The Labute approximate surface area is 170 Å². The van der Waals surface area contributed by atoms with Gasteiger partial charge in [0.2, 0.25) is 0 Å². The molecule has 1 aliphatic rings. The van der Waals surface area contributed by atoms with Crippen molar-refractivity contribution in [3.63, 3.8) is 0 Å². The van der Waals surface area contributed by atoms with Crippen molar-refractivity contribution in [1.29, 1.82) is 0 Å². The van der Waals surface area contributed by atoms with Crippen molar-refractivity contribution in [3.8, 4) is 0 Å². The van der Waals surface area contributed by atoms with Crippen LogP contribution in [-0.4, -0.2) is 55.1 Å². The third-order valence-electron chi connectivity index (χ3n) is 4.76. The molecule has 2 N–H and O–H groups in total. The van der Waals surface area contributed by atoms with Gasteiger partial charge in [0.25, 0.3) is 0 Å². The summed E-state index contributed by atoms with van der Waals surface area (Å²) in [6.07, 6.45) is 8.17. The summed E-state index contributed by atoms with van der Waals surface area (Å²) in [6, 6.07) is 4.95. The number of pyridine rings is 1. The van der Waals surface area contributed by atoms with E-state index in [1.807, 2.05) is 20.2 Å². The van der Waals surface area contributed by atoms with Gasteiger partial charge in [-0.2, -0.15) is 0 Å². The summed E-state index contributed by atoms with van der Waals surface area (Å²) in [5.41, 5.74) is 2.31. The zero-order chi connectivity index (χ0) is 17.2. The van der Waals surface area contributed by atoms with Crippen LogP contribution in [0.25, 0.3) is 0 Å². The van der Waals surface area contributed by atoms with E-state index in [4.69, 9.17) is 0 Å². The Morgan fingerprint density at radius 3 is 2.76 bits per heavy atom. The smallest absolute Gasteiger partial charge is 0.190 e. The first-order valence-corrected chi connectivity index (χ1v) is 9.29. The fraction of sp³-hybridized carbons (Fsp3) is 0.684. The number of likely N-dealkylation sites (tertiary alicyclic amines) is 1. The Kier molecular flexibility index (Phi) is 11.0. The summed E-state index contributed by atoms with van der Waals surface area (Å²) in [7, 11) is 1.83. The van der Waals surface area contributed by atoms with Crippen molar-refractivity contribution in [2.45, 2.75) is 52.0 Å². The van der Waals surface area contributed by atoms with Gasteiger partial charge in [-0.3, -0.25) is 9.98 Å². The van der Waals surface area contributed by atoms with Crippen LogP contribution in [0, 0.1) is 6.92 Å². The van der Waals surface area contributed by atoms with Crippen LogP contribution in [0.1, 0.15) is 43.9 Å². The quantitative estimate of drug-likeness (QED) is 0.285. The molecule has 0 amide bonds. The second-order valence-corrected chi connectivity index (χ2v) is 6.72. The summed E-state index contributed by atoms with van der Waals surface area (Å²) >= 11 is 0. The average molecular weight is 459 g/mol. The number of aliphatic imine (C=N–C) groups is 1. The van der Waals surface area contributed by atoms with Gasteiger partial charge in [0.05, 0.1) is 0 Å². The molecule has 5 nitrogen and oxygen atoms in total. The van der Waals surface area contributed by atoms with Crippen LogP contribution in [0.15, 0.2) is 23.3 Å². The number of piperidine rings is 1. The number of aryl methyl sites for hydroxylation is 1. The van der Waals surface area contributed by atoms with Gasteiger partial charge >= 0.3 is 0 Å². The van der Waals surface area contributed by atoms with Crippen LogP contribution >= 0.6 is 24.0 Å². The normalized spacial score (nSPS) is 18.5. The van der Waals surface area contributed by atoms with Gasteiger partial charge in [-0.05, 0) is 57.7 Å². The zero-order valence-electron chi connectivity index (χ0n) is 15.9. The van der Waals surface area contributed by atoms with Crippen LogP contribution in [0.3, 0.4) is 0 Å². The van der Waals surface area contributed by atoms with Gasteiger partial charge < -0.3 is 15.5 Å². The number of hydrogen-bond acceptors (Lipinski definition) is 3. The number of nitrogens with zero attached hydrogens (tertiary/aromatic N) is 3. The molecular weight excluding hydrogens is 425 g/mol. The summed E-state index contributed by atoms with van der Waals surface area (Å²) in [4.78, 5) is 11.2. The van der Waals surface area contributed by atoms with Crippen molar-refractivity contribution >= 4 is 29.9 Å². The lowest BCUT2D eigenvalue weighted by Crippen LogP contribution is -2.41. The first kappa shape index (κ1) is 22.2. The fourth-order valence-electron chi connectivity index (χ4n) is 3.17. The molecule has 6 heteroatoms. The van der Waals surface area contributed by atoms with E-state index in [0.717, 1.165) is 43.6 Å². The SMILES string of the molecule is CN=C(NCCCN1CCCCC1C)NCCc1ccc(C)nc1.I. The summed E-state index contributed by atoms with van der Waals surface area (Å²) in [5, 5.41) is 6.79. The zero-order valence-corrected chi connectivity index (χ0v) is 18.3. The maximum Gasteiger partial charge on any atom is 0.190 e. The van der Waals surface area contributed by atoms with E-state index in [0.29, 0.717) is 0 Å². The Balaban J connectivity index is 0.00000312. The highest BCUT2D eigenvalue weighted by Crippen LogP contribution is 2.15. The fourth-order valence-corrected chi connectivity index (χ4v) is 3.17. The molecule has 1 aromatic rings. The van der Waals surface area contributed by atoms with Crippen molar-refractivity contribution in [1.82, 2.24) is 20.5 Å². The van der Waals surface area contributed by atoms with Gasteiger partial charge in [0.1, 0.15) is 0 Å². The number of rotatable bonds is 7. The van der Waals surface area contributed by atoms with Crippen molar-refractivity contribution in [2.24, 2.45) is 4.99 Å². The Morgan fingerprint density at radius 1 is 1.28 bits per heavy atom. The van der Waals surface area contributed by atoms with E-state index in [2.05, 4.69) is 44.6 Å². The molecule has 142 valence electrons. The van der Waals surface area contributed by atoms with E-state index in [-0.39, 0.29) is 24.0 Å². The second-order valence-electron chi connectivity index (χ2n) is 6.72. The molecular formula is C19H34IN5. The minimum absolute atomic E-state index is 0. The lowest BCUT2D eigenvalue weighted by Gasteiger charge is -2.33. The molecule has 1 unspecified atom stereocenters. The maximum atomic E-state index is 4.33. The molecule has 2 rings (SSSR count). The van der Waals surface area contributed by atoms with Gasteiger partial charge in [0, 0.05) is 44.6 Å². The molecule has 1 atom stereocenters. The molecule has 2 heterocycles. The first-order valence-electron chi connectivity index (χ1n) is 9.29. The molecule has 25 heavy (non-hydrogen) atoms. The Hall–Kier alpha value is -0.890. The molecule has 0 spiro atoms. The minimum Gasteiger partial charge on any atom is -0.356 e. The third-order valence-corrected chi connectivity index (χ3v) is 4.76. The lowest BCUT2D eigenvalue weighted by atomic mass is 10.0. The summed E-state index contributed by atoms with van der Waals surface area (Å²) < 4.78 is 0. The lowest BCUT2D eigenvalue weighted by molar-refractivity contribution is 0.159. The largest absolute Gasteiger partial charge is 0.356 e. The molecule has 1 fully saturated rings. The van der Waals surface area contributed by atoms with Crippen LogP contribution in [-0.2, 0) is 6.42 Å². The monoisotopic (exact) mass is 459 g/mol. The molecule has 0 bridgehead atoms. The predicted molar refractivity (Wildman–Crippen MR) is 117 cm³/mol. The van der Waals surface area contributed by atoms with Gasteiger partial charge in [-0.1, -0.05) is 12.5 Å². The summed E-state index contributed by atoms with van der Waals surface area (Å²) in [6.45, 7) is 8.65. The van der Waals surface area contributed by atoms with E-state index >= 15 is 0 Å². The highest BCUT2D eigenvalue weighted by atomic mass is 127. The van der Waals surface area contributed by atoms with E-state index < -0.39 is 0 Å². The van der Waals surface area contributed by atoms with E-state index in [1.54, 1.807) is 0 Å². The van der Waals surface area contributed by atoms with Crippen LogP contribution < -0.4 is 10.6 Å². The molecule has 1 aromatic heterocycles. The summed E-state index contributed by atoms with van der Waals surface area (Å²) in [5.74, 6) is 0.891. The average Bonchev–Trinajstić information content (AvgIpc) is 2.60. The molecule has 0 aliphatic carbocycles. The highest BCUT2D eigenvalue weighted by Gasteiger charge is 2.16. The molecule has 0 radical (unpaired) electrons. The van der Waals surface area contributed by atoms with Crippen molar-refractivity contribution < 1.29 is 0 Å². The molecule has 1 aliphatic heterocycles. The van der Waals surface area contributed by atoms with Crippen LogP contribution in [0.4, 0.5) is 0 Å². The van der Waals surface area contributed by atoms with Gasteiger partial charge in [-0.15, -0.1) is 24.0 Å². The Bertz CT molecular complexity index is 503. The predicted octanol–water partition coefficient (Wildman–Crippen LogP) is 2.98. The first-order chi connectivity index (χ1) is 11.7. The number of aromatic nitrogens is 1. The Morgan fingerprint density at radius 2 is 2.08 bits per heavy atom. The van der Waals surface area contributed by atoms with Crippen LogP contribution in [0.5, 0.6) is 0 Å². The molecule has 1 saturated heterocycles. The standard InChI is InChI=1S/C19H33N5.HI/c1-16-8-9-18(15-23-16)10-12-22-19(20-3)21-11-6-14-24-13-5-4-7-17(24)2;/h8-9,15,17H,4-7,10-14H2,1-3H3,(H2,20,21,22);1H. The number of halogens is 1. The van der Waals surface area contributed by atoms with Crippen molar-refractivity contribution in [3.05, 3.63) is 29.6 Å².